The number of carbonyl (C=O) groups excluding carboxylic acids is 2. The van der Waals surface area contributed by atoms with Crippen LogP contribution in [0.25, 0.3) is 0 Å². The van der Waals surface area contributed by atoms with Gasteiger partial charge < -0.3 is 14.4 Å². The second kappa shape index (κ2) is 9.85. The van der Waals surface area contributed by atoms with E-state index in [1.54, 1.807) is 14.2 Å². The molecule has 0 saturated carbocycles. The Kier molecular flexibility index (Phi) is 6.99. The number of methoxy groups -OCH3 is 2. The molecule has 0 radical (unpaired) electrons. The third-order valence-electron chi connectivity index (χ3n) is 7.99. The molecule has 3 aliphatic rings. The lowest BCUT2D eigenvalue weighted by atomic mass is 9.63. The van der Waals surface area contributed by atoms with Gasteiger partial charge in [-0.25, -0.2) is 0 Å². The van der Waals surface area contributed by atoms with Gasteiger partial charge in [-0.3, -0.25) is 9.59 Å². The highest BCUT2D eigenvalue weighted by molar-refractivity contribution is 14.1. The molecule has 6 heteroatoms. The number of Topliss-reactive ketones (excluding diaryl/α,β-unsaturated/α-hetero) is 2. The molecule has 0 saturated heterocycles. The third kappa shape index (κ3) is 4.80. The SMILES string of the molecule is COc1cc(C2C3=C(CC(C)(C)CC3=O)N(Cc3ccccc3)C3=C2C(=O)CC(C)(C)C3)cc(I)c1OC. The molecule has 2 aliphatic carbocycles. The third-order valence-corrected chi connectivity index (χ3v) is 8.80. The molecular formula is C32H36INO4. The first kappa shape index (κ1) is 27.0. The van der Waals surface area contributed by atoms with Crippen molar-refractivity contribution in [1.82, 2.24) is 4.90 Å². The Labute approximate surface area is 239 Å². The summed E-state index contributed by atoms with van der Waals surface area (Å²) in [4.78, 5) is 30.4. The lowest BCUT2D eigenvalue weighted by Crippen LogP contribution is -2.44. The molecule has 0 fully saturated rings. The number of benzene rings is 2. The fourth-order valence-corrected chi connectivity index (χ4v) is 7.29. The van der Waals surface area contributed by atoms with Gasteiger partial charge in [0.25, 0.3) is 0 Å². The molecule has 0 spiro atoms. The molecule has 5 nitrogen and oxygen atoms in total. The molecule has 0 unspecified atom stereocenters. The van der Waals surface area contributed by atoms with Crippen LogP contribution in [0.5, 0.6) is 11.5 Å². The Hall–Kier alpha value is -2.61. The summed E-state index contributed by atoms with van der Waals surface area (Å²) in [6, 6.07) is 14.4. The molecule has 0 amide bonds. The quantitative estimate of drug-likeness (QED) is 0.329. The minimum Gasteiger partial charge on any atom is -0.493 e. The molecule has 2 aromatic rings. The molecule has 1 aliphatic heterocycles. The van der Waals surface area contributed by atoms with Gasteiger partial charge in [0.1, 0.15) is 0 Å². The summed E-state index contributed by atoms with van der Waals surface area (Å²) in [7, 11) is 3.25. The van der Waals surface area contributed by atoms with E-state index in [1.165, 1.54) is 0 Å². The zero-order valence-electron chi connectivity index (χ0n) is 23.1. The first-order chi connectivity index (χ1) is 17.9. The van der Waals surface area contributed by atoms with Gasteiger partial charge in [0.05, 0.1) is 17.8 Å². The summed E-state index contributed by atoms with van der Waals surface area (Å²) in [5.74, 6) is 1.13. The topological polar surface area (TPSA) is 55.8 Å². The molecule has 1 heterocycles. The Morgan fingerprint density at radius 2 is 1.39 bits per heavy atom. The molecule has 200 valence electrons. The molecule has 0 atom stereocenters. The highest BCUT2D eigenvalue weighted by Gasteiger charge is 2.49. The van der Waals surface area contributed by atoms with E-state index in [0.717, 1.165) is 50.1 Å². The van der Waals surface area contributed by atoms with Crippen molar-refractivity contribution < 1.29 is 19.1 Å². The monoisotopic (exact) mass is 625 g/mol. The zero-order chi connectivity index (χ0) is 27.4. The highest BCUT2D eigenvalue weighted by Crippen LogP contribution is 2.55. The maximum Gasteiger partial charge on any atom is 0.174 e. The van der Waals surface area contributed by atoms with Crippen LogP contribution in [0.15, 0.2) is 65.0 Å². The van der Waals surface area contributed by atoms with Crippen LogP contribution in [0.2, 0.25) is 0 Å². The summed E-state index contributed by atoms with van der Waals surface area (Å²) in [6.07, 6.45) is 2.50. The molecular weight excluding hydrogens is 589 g/mol. The number of carbonyl (C=O) groups is 2. The van der Waals surface area contributed by atoms with E-state index < -0.39 is 5.92 Å². The normalized spacial score (nSPS) is 20.9. The number of rotatable bonds is 5. The van der Waals surface area contributed by atoms with Crippen LogP contribution < -0.4 is 9.47 Å². The standard InChI is InChI=1S/C32H36INO4/c1-31(2)14-22-28(24(35)16-31)27(20-12-21(33)30(38-6)26(13-20)37-5)29-23(15-32(3,4)17-25(29)36)34(22)18-19-10-8-7-9-11-19/h7-13,27H,14-18H2,1-6H3. The van der Waals surface area contributed by atoms with Crippen LogP contribution in [0.3, 0.4) is 0 Å². The van der Waals surface area contributed by atoms with Crippen molar-refractivity contribution >= 4 is 34.2 Å². The predicted octanol–water partition coefficient (Wildman–Crippen LogP) is 7.19. The number of ketones is 2. The van der Waals surface area contributed by atoms with E-state index in [0.29, 0.717) is 30.9 Å². The molecule has 0 aromatic heterocycles. The smallest absolute Gasteiger partial charge is 0.174 e. The van der Waals surface area contributed by atoms with Crippen molar-refractivity contribution in [2.45, 2.75) is 65.8 Å². The predicted molar refractivity (Wildman–Crippen MR) is 157 cm³/mol. The fourth-order valence-electron chi connectivity index (χ4n) is 6.44. The van der Waals surface area contributed by atoms with Crippen molar-refractivity contribution in [1.29, 1.82) is 0 Å². The number of halogens is 1. The van der Waals surface area contributed by atoms with Gasteiger partial charge >= 0.3 is 0 Å². The number of hydrogen-bond acceptors (Lipinski definition) is 5. The van der Waals surface area contributed by atoms with Crippen LogP contribution in [0.4, 0.5) is 0 Å². The van der Waals surface area contributed by atoms with Crippen LogP contribution in [0.1, 0.15) is 70.4 Å². The lowest BCUT2D eigenvalue weighted by Gasteiger charge is -2.49. The van der Waals surface area contributed by atoms with Crippen molar-refractivity contribution in [3.8, 4) is 11.5 Å². The second-order valence-electron chi connectivity index (χ2n) is 12.3. The minimum absolute atomic E-state index is 0.133. The van der Waals surface area contributed by atoms with Gasteiger partial charge in [0.2, 0.25) is 0 Å². The summed E-state index contributed by atoms with van der Waals surface area (Å²) >= 11 is 2.25. The summed E-state index contributed by atoms with van der Waals surface area (Å²) in [5, 5.41) is 0. The number of allylic oxidation sites excluding steroid dienone is 4. The Balaban J connectivity index is 1.79. The lowest BCUT2D eigenvalue weighted by molar-refractivity contribution is -0.119. The van der Waals surface area contributed by atoms with Gasteiger partial charge in [0.15, 0.2) is 23.1 Å². The Morgan fingerprint density at radius 3 is 1.89 bits per heavy atom. The molecule has 5 rings (SSSR count). The Bertz CT molecular complexity index is 1320. The Morgan fingerprint density at radius 1 is 0.842 bits per heavy atom. The second-order valence-corrected chi connectivity index (χ2v) is 13.5. The molecule has 0 bridgehead atoms. The fraction of sp³-hybridized carbons (Fsp3) is 0.438. The van der Waals surface area contributed by atoms with Crippen LogP contribution in [0, 0.1) is 14.4 Å². The number of ether oxygens (including phenoxy) is 2. The van der Waals surface area contributed by atoms with Crippen molar-refractivity contribution in [2.75, 3.05) is 14.2 Å². The molecule has 0 N–H and O–H groups in total. The maximum atomic E-state index is 14.0. The summed E-state index contributed by atoms with van der Waals surface area (Å²) in [6.45, 7) is 9.32. The van der Waals surface area contributed by atoms with Crippen LogP contribution >= 0.6 is 22.6 Å². The average Bonchev–Trinajstić information content (AvgIpc) is 2.83. The van der Waals surface area contributed by atoms with Crippen molar-refractivity contribution in [3.05, 3.63) is 79.7 Å². The molecule has 2 aromatic carbocycles. The van der Waals surface area contributed by atoms with Crippen molar-refractivity contribution in [2.24, 2.45) is 10.8 Å². The maximum absolute atomic E-state index is 14.0. The van der Waals surface area contributed by atoms with Gasteiger partial charge in [-0.2, -0.15) is 0 Å². The number of hydrogen-bond donors (Lipinski definition) is 0. The van der Waals surface area contributed by atoms with Gasteiger partial charge in [0, 0.05) is 47.8 Å². The first-order valence-corrected chi connectivity index (χ1v) is 14.3. The van der Waals surface area contributed by atoms with E-state index in [9.17, 15) is 9.59 Å². The highest BCUT2D eigenvalue weighted by atomic mass is 127. The van der Waals surface area contributed by atoms with E-state index in [4.69, 9.17) is 9.47 Å². The van der Waals surface area contributed by atoms with Crippen LogP contribution in [-0.4, -0.2) is 30.7 Å². The zero-order valence-corrected chi connectivity index (χ0v) is 25.3. The minimum atomic E-state index is -0.410. The van der Waals surface area contributed by atoms with Gasteiger partial charge in [-0.15, -0.1) is 0 Å². The van der Waals surface area contributed by atoms with E-state index in [1.807, 2.05) is 24.3 Å². The summed E-state index contributed by atoms with van der Waals surface area (Å²) in [5.41, 5.74) is 5.43. The largest absolute Gasteiger partial charge is 0.493 e. The van der Waals surface area contributed by atoms with Crippen molar-refractivity contribution in [3.63, 3.8) is 0 Å². The number of nitrogens with zero attached hydrogens (tertiary/aromatic N) is 1. The van der Waals surface area contributed by atoms with E-state index in [2.05, 4.69) is 73.4 Å². The van der Waals surface area contributed by atoms with Gasteiger partial charge in [-0.05, 0) is 69.5 Å². The first-order valence-electron chi connectivity index (χ1n) is 13.2. The average molecular weight is 626 g/mol. The molecule has 38 heavy (non-hydrogen) atoms. The van der Waals surface area contributed by atoms with E-state index in [-0.39, 0.29) is 22.4 Å². The van der Waals surface area contributed by atoms with E-state index >= 15 is 0 Å². The van der Waals surface area contributed by atoms with Gasteiger partial charge in [-0.1, -0.05) is 58.0 Å². The van der Waals surface area contributed by atoms with Crippen LogP contribution in [-0.2, 0) is 16.1 Å². The summed E-state index contributed by atoms with van der Waals surface area (Å²) < 4.78 is 12.2.